The molecule has 1 aliphatic heterocycles. The van der Waals surface area contributed by atoms with Gasteiger partial charge in [-0.3, -0.25) is 9.59 Å². The number of hydrogen-bond acceptors (Lipinski definition) is 5. The maximum absolute atomic E-state index is 15.5. The van der Waals surface area contributed by atoms with Gasteiger partial charge in [-0.25, -0.2) is 9.18 Å². The van der Waals surface area contributed by atoms with Gasteiger partial charge in [-0.05, 0) is 74.1 Å². The van der Waals surface area contributed by atoms with E-state index in [-0.39, 0.29) is 25.4 Å². The van der Waals surface area contributed by atoms with Crippen LogP contribution in [0.4, 0.5) is 9.18 Å². The summed E-state index contributed by atoms with van der Waals surface area (Å²) < 4.78 is 20.2. The summed E-state index contributed by atoms with van der Waals surface area (Å²) in [5.74, 6) is -1.65. The summed E-state index contributed by atoms with van der Waals surface area (Å²) in [6.45, 7) is 2.93. The third-order valence-corrected chi connectivity index (χ3v) is 7.78. The zero-order chi connectivity index (χ0) is 29.6. The highest BCUT2D eigenvalue weighted by atomic mass is 19.1. The second-order valence-corrected chi connectivity index (χ2v) is 10.5. The smallest absolute Gasteiger partial charge is 0.406 e. The number of likely N-dealkylation sites (tertiary alicyclic amines) is 1. The van der Waals surface area contributed by atoms with E-state index in [1.165, 1.54) is 25.3 Å². The molecule has 41 heavy (non-hydrogen) atoms. The Labute approximate surface area is 239 Å². The number of amides is 3. The van der Waals surface area contributed by atoms with Gasteiger partial charge in [0, 0.05) is 42.2 Å². The van der Waals surface area contributed by atoms with Crippen molar-refractivity contribution in [1.82, 2.24) is 10.2 Å². The highest BCUT2D eigenvalue weighted by Gasteiger charge is 2.43. The lowest BCUT2D eigenvalue weighted by molar-refractivity contribution is -0.0564. The number of ether oxygens (including phenoxy) is 1. The molecule has 0 bridgehead atoms. The first-order valence-corrected chi connectivity index (χ1v) is 13.7. The molecular weight excluding hydrogens is 525 g/mol. The van der Waals surface area contributed by atoms with Crippen LogP contribution in [0.3, 0.4) is 0 Å². The van der Waals surface area contributed by atoms with E-state index in [2.05, 4.69) is 10.1 Å². The van der Waals surface area contributed by atoms with Crippen molar-refractivity contribution in [3.05, 3.63) is 94.8 Å². The number of benzene rings is 3. The largest absolute Gasteiger partial charge is 0.453 e. The van der Waals surface area contributed by atoms with E-state index in [1.807, 2.05) is 31.2 Å². The number of nitrogens with zero attached hydrogens (tertiary/aromatic N) is 1. The van der Waals surface area contributed by atoms with Gasteiger partial charge in [0.05, 0.1) is 12.7 Å². The second-order valence-electron chi connectivity index (χ2n) is 10.5. The third kappa shape index (κ3) is 6.74. The Morgan fingerprint density at radius 2 is 1.80 bits per heavy atom. The van der Waals surface area contributed by atoms with Crippen molar-refractivity contribution in [2.75, 3.05) is 26.7 Å². The van der Waals surface area contributed by atoms with Crippen LogP contribution in [0.2, 0.25) is 0 Å². The number of piperidine rings is 1. The molecule has 0 aliphatic carbocycles. The van der Waals surface area contributed by atoms with Gasteiger partial charge in [0.25, 0.3) is 5.91 Å². The number of halogens is 1. The molecule has 9 heteroatoms. The Morgan fingerprint density at radius 1 is 1.10 bits per heavy atom. The van der Waals surface area contributed by atoms with E-state index < -0.39 is 29.3 Å². The van der Waals surface area contributed by atoms with Gasteiger partial charge >= 0.3 is 6.09 Å². The summed E-state index contributed by atoms with van der Waals surface area (Å²) in [5, 5.41) is 15.2. The van der Waals surface area contributed by atoms with E-state index in [4.69, 9.17) is 5.73 Å². The minimum atomic E-state index is -1.51. The molecule has 0 saturated carbocycles. The van der Waals surface area contributed by atoms with Crippen molar-refractivity contribution >= 4 is 17.9 Å². The highest BCUT2D eigenvalue weighted by Crippen LogP contribution is 2.44. The lowest BCUT2D eigenvalue weighted by Crippen LogP contribution is -2.48. The molecule has 3 aromatic rings. The molecule has 1 fully saturated rings. The summed E-state index contributed by atoms with van der Waals surface area (Å²) in [6, 6.07) is 18.4. The molecule has 1 aliphatic rings. The minimum Gasteiger partial charge on any atom is -0.453 e. The van der Waals surface area contributed by atoms with Crippen LogP contribution in [0.5, 0.6) is 0 Å². The number of aliphatic hydroxyl groups is 1. The van der Waals surface area contributed by atoms with Crippen LogP contribution < -0.4 is 11.1 Å². The van der Waals surface area contributed by atoms with Crippen LogP contribution in [0.25, 0.3) is 11.1 Å². The summed E-state index contributed by atoms with van der Waals surface area (Å²) in [4.78, 5) is 38.2. The predicted molar refractivity (Wildman–Crippen MR) is 154 cm³/mol. The highest BCUT2D eigenvalue weighted by molar-refractivity contribution is 5.97. The minimum absolute atomic E-state index is 0.221. The third-order valence-electron chi connectivity index (χ3n) is 7.78. The number of hydrogen-bond donors (Lipinski definition) is 3. The van der Waals surface area contributed by atoms with Gasteiger partial charge in [-0.2, -0.15) is 0 Å². The molecule has 1 unspecified atom stereocenters. The van der Waals surface area contributed by atoms with Gasteiger partial charge in [-0.15, -0.1) is 0 Å². The average molecular weight is 562 g/mol. The predicted octanol–water partition coefficient (Wildman–Crippen LogP) is 4.78. The van der Waals surface area contributed by atoms with Gasteiger partial charge < -0.3 is 25.8 Å². The summed E-state index contributed by atoms with van der Waals surface area (Å²) >= 11 is 0. The standard InChI is InChI=1S/C32H36FN3O5/c1-21-7-3-8-24(19-21)28-26(10-4-11-27(28)33)32(40,16-6-17-35-31(39)41-2)25-9-5-18-36(20-25)30(38)23-14-12-22(13-15-23)29(34)37/h3-4,7-8,10-15,19,25,40H,5-6,9,16-18,20H2,1-2H3,(H2,34,37)(H,35,39)/t25-,32?/m1/s1. The molecule has 0 aromatic heterocycles. The quantitative estimate of drug-likeness (QED) is 0.325. The number of nitrogens with two attached hydrogens (primary N) is 1. The fraction of sp³-hybridized carbons (Fsp3) is 0.344. The molecule has 4 N–H and O–H groups in total. The van der Waals surface area contributed by atoms with Crippen LogP contribution in [0, 0.1) is 18.7 Å². The maximum Gasteiger partial charge on any atom is 0.406 e. The van der Waals surface area contributed by atoms with Gasteiger partial charge in [-0.1, -0.05) is 42.0 Å². The monoisotopic (exact) mass is 561 g/mol. The molecule has 8 nitrogen and oxygen atoms in total. The Hall–Kier alpha value is -4.24. The second kappa shape index (κ2) is 13.0. The molecular formula is C32H36FN3O5. The first-order chi connectivity index (χ1) is 19.6. The molecule has 0 radical (unpaired) electrons. The van der Waals surface area contributed by atoms with E-state index in [1.54, 1.807) is 29.2 Å². The molecule has 1 saturated heterocycles. The van der Waals surface area contributed by atoms with E-state index in [0.29, 0.717) is 53.6 Å². The Morgan fingerprint density at radius 3 is 2.49 bits per heavy atom. The average Bonchev–Trinajstić information content (AvgIpc) is 2.98. The number of methoxy groups -OCH3 is 1. The van der Waals surface area contributed by atoms with Crippen LogP contribution in [0.1, 0.15) is 57.5 Å². The summed E-state index contributed by atoms with van der Waals surface area (Å²) in [5.41, 5.74) is 6.93. The number of carbonyl (C=O) groups excluding carboxylic acids is 3. The number of primary amides is 1. The maximum atomic E-state index is 15.5. The Kier molecular flexibility index (Phi) is 9.39. The zero-order valence-corrected chi connectivity index (χ0v) is 23.4. The van der Waals surface area contributed by atoms with Crippen molar-refractivity contribution < 1.29 is 28.6 Å². The van der Waals surface area contributed by atoms with Crippen molar-refractivity contribution in [2.45, 2.75) is 38.2 Å². The molecule has 3 aromatic carbocycles. The summed E-state index contributed by atoms with van der Waals surface area (Å²) in [7, 11) is 1.28. The lowest BCUT2D eigenvalue weighted by Gasteiger charge is -2.43. The van der Waals surface area contributed by atoms with Crippen molar-refractivity contribution in [1.29, 1.82) is 0 Å². The first kappa shape index (κ1) is 29.7. The normalized spacial score (nSPS) is 16.5. The van der Waals surface area contributed by atoms with Gasteiger partial charge in [0.2, 0.25) is 5.91 Å². The SMILES string of the molecule is COC(=O)NCCCC(O)(c1cccc(F)c1-c1cccc(C)c1)[C@@H]1CCCN(C(=O)c2ccc(C(N)=O)cc2)C1. The van der Waals surface area contributed by atoms with Crippen LogP contribution >= 0.6 is 0 Å². The molecule has 216 valence electrons. The Bertz CT molecular complexity index is 1410. The fourth-order valence-corrected chi connectivity index (χ4v) is 5.67. The van der Waals surface area contributed by atoms with E-state index >= 15 is 4.39 Å². The van der Waals surface area contributed by atoms with Gasteiger partial charge in [0.1, 0.15) is 5.82 Å². The van der Waals surface area contributed by atoms with Crippen LogP contribution in [0.15, 0.2) is 66.7 Å². The molecule has 0 spiro atoms. The number of alkyl carbamates (subject to hydrolysis) is 1. The zero-order valence-electron chi connectivity index (χ0n) is 23.4. The number of nitrogens with one attached hydrogen (secondary N) is 1. The van der Waals surface area contributed by atoms with Crippen molar-refractivity contribution in [2.24, 2.45) is 11.7 Å². The lowest BCUT2D eigenvalue weighted by atomic mass is 9.72. The molecule has 1 heterocycles. The first-order valence-electron chi connectivity index (χ1n) is 13.7. The van der Waals surface area contributed by atoms with Gasteiger partial charge in [0.15, 0.2) is 0 Å². The molecule has 3 amide bonds. The topological polar surface area (TPSA) is 122 Å². The number of carbonyl (C=O) groups is 3. The van der Waals surface area contributed by atoms with E-state index in [0.717, 1.165) is 5.56 Å². The molecule has 4 rings (SSSR count). The van der Waals surface area contributed by atoms with Crippen LogP contribution in [-0.2, 0) is 10.3 Å². The Balaban J connectivity index is 1.69. The van der Waals surface area contributed by atoms with Crippen LogP contribution in [-0.4, -0.2) is 54.7 Å². The fourth-order valence-electron chi connectivity index (χ4n) is 5.67. The number of aryl methyl sites for hydroxylation is 1. The van der Waals surface area contributed by atoms with E-state index in [9.17, 15) is 19.5 Å². The van der Waals surface area contributed by atoms with Crippen molar-refractivity contribution in [3.8, 4) is 11.1 Å². The molecule has 2 atom stereocenters. The van der Waals surface area contributed by atoms with Crippen molar-refractivity contribution in [3.63, 3.8) is 0 Å². The number of rotatable bonds is 9. The summed E-state index contributed by atoms with van der Waals surface area (Å²) in [6.07, 6.45) is 1.31.